The molecule has 0 saturated carbocycles. The van der Waals surface area contributed by atoms with E-state index in [1.807, 2.05) is 0 Å². The molecule has 14 heteroatoms. The van der Waals surface area contributed by atoms with Crippen molar-refractivity contribution >= 4 is 11.8 Å². The first kappa shape index (κ1) is 26.8. The summed E-state index contributed by atoms with van der Waals surface area (Å²) in [5.74, 6) is -4.63. The maximum absolute atomic E-state index is 13.0. The van der Waals surface area contributed by atoms with Gasteiger partial charge in [0.15, 0.2) is 6.04 Å². The zero-order valence-electron chi connectivity index (χ0n) is 17.5. The van der Waals surface area contributed by atoms with Crippen molar-refractivity contribution in [2.75, 3.05) is 13.2 Å². The zero-order valence-corrected chi connectivity index (χ0v) is 17.5. The second-order valence-electron chi connectivity index (χ2n) is 7.35. The smallest absolute Gasteiger partial charge is 0.367 e. The Morgan fingerprint density at radius 2 is 1.76 bits per heavy atom. The van der Waals surface area contributed by atoms with Crippen LogP contribution in [-0.4, -0.2) is 58.8 Å². The van der Waals surface area contributed by atoms with Crippen molar-refractivity contribution in [3.63, 3.8) is 0 Å². The van der Waals surface area contributed by atoms with Gasteiger partial charge in [0.05, 0.1) is 11.5 Å². The number of carbonyl (C=O) groups excluding carboxylic acids is 2. The SMILES string of the molecule is CC1(OCCN(Cc2ccccc2)C(=O)C(F)(F)F)C=CC=C([N+](=O)[O-])C1NC(=O)C(F)(F)F. The van der Waals surface area contributed by atoms with Crippen LogP contribution in [0, 0.1) is 10.1 Å². The second kappa shape index (κ2) is 10.2. The third kappa shape index (κ3) is 6.79. The van der Waals surface area contributed by atoms with E-state index in [2.05, 4.69) is 0 Å². The molecule has 1 aromatic carbocycles. The van der Waals surface area contributed by atoms with Gasteiger partial charge in [-0.1, -0.05) is 42.5 Å². The minimum atomic E-state index is -5.35. The Kier molecular flexibility index (Phi) is 8.08. The van der Waals surface area contributed by atoms with Gasteiger partial charge in [-0.2, -0.15) is 26.3 Å². The van der Waals surface area contributed by atoms with Crippen LogP contribution in [-0.2, 0) is 20.9 Å². The molecule has 34 heavy (non-hydrogen) atoms. The van der Waals surface area contributed by atoms with Crippen LogP contribution in [0.3, 0.4) is 0 Å². The van der Waals surface area contributed by atoms with Crippen LogP contribution in [0.1, 0.15) is 12.5 Å². The summed E-state index contributed by atoms with van der Waals surface area (Å²) in [6.07, 6.45) is -7.46. The molecule has 0 bridgehead atoms. The number of hydrogen-bond acceptors (Lipinski definition) is 5. The van der Waals surface area contributed by atoms with Gasteiger partial charge in [-0.15, -0.1) is 0 Å². The van der Waals surface area contributed by atoms with Gasteiger partial charge < -0.3 is 15.0 Å². The lowest BCUT2D eigenvalue weighted by Crippen LogP contribution is -2.57. The average Bonchev–Trinajstić information content (AvgIpc) is 2.73. The number of ether oxygens (including phenoxy) is 1. The van der Waals surface area contributed by atoms with E-state index in [9.17, 15) is 46.0 Å². The fraction of sp³-hybridized carbons (Fsp3) is 0.400. The van der Waals surface area contributed by atoms with Crippen molar-refractivity contribution in [3.8, 4) is 0 Å². The van der Waals surface area contributed by atoms with Gasteiger partial charge >= 0.3 is 24.2 Å². The third-order valence-electron chi connectivity index (χ3n) is 4.83. The molecule has 0 fully saturated rings. The first-order valence-electron chi connectivity index (χ1n) is 9.60. The maximum Gasteiger partial charge on any atom is 0.471 e. The van der Waals surface area contributed by atoms with Gasteiger partial charge in [-0.05, 0) is 12.5 Å². The van der Waals surface area contributed by atoms with E-state index in [1.165, 1.54) is 17.4 Å². The summed E-state index contributed by atoms with van der Waals surface area (Å²) in [6.45, 7) is -0.606. The van der Waals surface area contributed by atoms with E-state index in [0.717, 1.165) is 25.2 Å². The van der Waals surface area contributed by atoms with Gasteiger partial charge in [0, 0.05) is 19.2 Å². The van der Waals surface area contributed by atoms with Gasteiger partial charge in [0.25, 0.3) is 5.70 Å². The molecule has 2 amide bonds. The number of alkyl halides is 6. The van der Waals surface area contributed by atoms with Gasteiger partial charge in [0.2, 0.25) is 0 Å². The molecule has 2 atom stereocenters. The van der Waals surface area contributed by atoms with E-state index < -0.39 is 66.1 Å². The molecule has 1 aliphatic carbocycles. The quantitative estimate of drug-likeness (QED) is 0.339. The number of nitrogens with one attached hydrogen (secondary N) is 1. The molecule has 8 nitrogen and oxygen atoms in total. The summed E-state index contributed by atoms with van der Waals surface area (Å²) in [5, 5.41) is 12.8. The number of rotatable bonds is 8. The summed E-state index contributed by atoms with van der Waals surface area (Å²) in [4.78, 5) is 34.0. The van der Waals surface area contributed by atoms with E-state index in [-0.39, 0.29) is 0 Å². The van der Waals surface area contributed by atoms with Crippen LogP contribution in [0.4, 0.5) is 26.3 Å². The standard InChI is InChI=1S/C20H19F6N3O5/c1-18(9-5-8-14(29(32)33)15(18)27-16(30)19(21,22)23)34-11-10-28(17(31)20(24,25)26)12-13-6-3-2-4-7-13/h2-9,15H,10-12H2,1H3,(H,27,30). The Morgan fingerprint density at radius 3 is 2.29 bits per heavy atom. The highest BCUT2D eigenvalue weighted by Crippen LogP contribution is 2.29. The number of allylic oxidation sites excluding steroid dienone is 2. The van der Waals surface area contributed by atoms with Crippen LogP contribution < -0.4 is 5.32 Å². The Hall–Kier alpha value is -3.42. The molecule has 2 rings (SSSR count). The summed E-state index contributed by atoms with van der Waals surface area (Å²) in [6, 6.07) is 5.78. The van der Waals surface area contributed by atoms with Crippen LogP contribution >= 0.6 is 0 Å². The summed E-state index contributed by atoms with van der Waals surface area (Å²) >= 11 is 0. The monoisotopic (exact) mass is 495 g/mol. The van der Waals surface area contributed by atoms with Gasteiger partial charge in [0.1, 0.15) is 5.60 Å². The number of amides is 2. The molecular formula is C20H19F6N3O5. The normalized spacial score (nSPS) is 20.4. The third-order valence-corrected chi connectivity index (χ3v) is 4.83. The second-order valence-corrected chi connectivity index (χ2v) is 7.35. The van der Waals surface area contributed by atoms with Crippen molar-refractivity contribution in [1.82, 2.24) is 10.2 Å². The fourth-order valence-electron chi connectivity index (χ4n) is 3.16. The summed E-state index contributed by atoms with van der Waals surface area (Å²) < 4.78 is 82.8. The molecule has 1 aromatic rings. The summed E-state index contributed by atoms with van der Waals surface area (Å²) in [7, 11) is 0. The Balaban J connectivity index is 2.21. The van der Waals surface area contributed by atoms with Gasteiger partial charge in [-0.25, -0.2) is 0 Å². The molecular weight excluding hydrogens is 476 g/mol. The molecule has 0 saturated heterocycles. The topological polar surface area (TPSA) is 102 Å². The van der Waals surface area contributed by atoms with Crippen molar-refractivity contribution < 1.29 is 45.6 Å². The van der Waals surface area contributed by atoms with Crippen molar-refractivity contribution in [2.45, 2.75) is 37.5 Å². The Bertz CT molecular complexity index is 977. The van der Waals surface area contributed by atoms with E-state index in [1.54, 1.807) is 18.2 Å². The number of nitro groups is 1. The molecule has 1 N–H and O–H groups in total. The lowest BCUT2D eigenvalue weighted by atomic mass is 9.89. The molecule has 186 valence electrons. The Labute approximate surface area is 189 Å². The molecule has 0 aromatic heterocycles. The van der Waals surface area contributed by atoms with E-state index in [0.29, 0.717) is 10.5 Å². The van der Waals surface area contributed by atoms with Crippen LogP contribution in [0.5, 0.6) is 0 Å². The Morgan fingerprint density at radius 1 is 1.15 bits per heavy atom. The van der Waals surface area contributed by atoms with Crippen LogP contribution in [0.15, 0.2) is 54.3 Å². The first-order valence-corrected chi connectivity index (χ1v) is 9.60. The van der Waals surface area contributed by atoms with Gasteiger partial charge in [-0.3, -0.25) is 19.7 Å². The number of hydrogen-bond donors (Lipinski definition) is 1. The average molecular weight is 495 g/mol. The first-order chi connectivity index (χ1) is 15.6. The number of halogens is 6. The van der Waals surface area contributed by atoms with E-state index in [4.69, 9.17) is 4.74 Å². The number of benzene rings is 1. The van der Waals surface area contributed by atoms with Crippen LogP contribution in [0.2, 0.25) is 0 Å². The lowest BCUT2D eigenvalue weighted by Gasteiger charge is -2.36. The minimum absolute atomic E-state index is 0.373. The number of nitrogens with zero attached hydrogens (tertiary/aromatic N) is 2. The van der Waals surface area contributed by atoms with Crippen molar-refractivity contribution in [2.24, 2.45) is 0 Å². The molecule has 0 aliphatic heterocycles. The van der Waals surface area contributed by atoms with Crippen LogP contribution in [0.25, 0.3) is 0 Å². The van der Waals surface area contributed by atoms with E-state index >= 15 is 0 Å². The minimum Gasteiger partial charge on any atom is -0.367 e. The summed E-state index contributed by atoms with van der Waals surface area (Å²) in [5.41, 5.74) is -2.38. The predicted octanol–water partition coefficient (Wildman–Crippen LogP) is 3.13. The van der Waals surface area contributed by atoms with Crippen molar-refractivity contribution in [3.05, 3.63) is 69.9 Å². The maximum atomic E-state index is 13.0. The zero-order chi connectivity index (χ0) is 25.7. The number of carbonyl (C=O) groups is 2. The molecule has 0 heterocycles. The highest BCUT2D eigenvalue weighted by molar-refractivity contribution is 5.82. The predicted molar refractivity (Wildman–Crippen MR) is 104 cm³/mol. The fourth-order valence-corrected chi connectivity index (χ4v) is 3.16. The molecule has 1 aliphatic rings. The largest absolute Gasteiger partial charge is 0.471 e. The molecule has 0 spiro atoms. The molecule has 2 unspecified atom stereocenters. The highest BCUT2D eigenvalue weighted by atomic mass is 19.4. The lowest BCUT2D eigenvalue weighted by molar-refractivity contribution is -0.433. The molecule has 0 radical (unpaired) electrons. The van der Waals surface area contributed by atoms with Crippen molar-refractivity contribution in [1.29, 1.82) is 0 Å². The highest BCUT2D eigenvalue weighted by Gasteiger charge is 2.49.